The zero-order valence-corrected chi connectivity index (χ0v) is 17.2. The van der Waals surface area contributed by atoms with Gasteiger partial charge in [-0.25, -0.2) is 4.79 Å². The lowest BCUT2D eigenvalue weighted by Crippen LogP contribution is -2.66. The second kappa shape index (κ2) is 10.1. The molecule has 2 atom stereocenters. The molecule has 3 rings (SSSR count). The van der Waals surface area contributed by atoms with Crippen molar-refractivity contribution in [3.05, 3.63) is 83.6 Å². The largest absolute Gasteiger partial charge is 0.504 e. The van der Waals surface area contributed by atoms with Crippen molar-refractivity contribution in [2.24, 2.45) is 5.73 Å². The molecule has 1 aliphatic rings. The molecule has 1 saturated heterocycles. The molecule has 0 aliphatic carbocycles. The van der Waals surface area contributed by atoms with Crippen LogP contribution in [-0.4, -0.2) is 42.5 Å². The van der Waals surface area contributed by atoms with Crippen molar-refractivity contribution in [1.29, 1.82) is 0 Å². The fourth-order valence-electron chi connectivity index (χ4n) is 3.29. The molecule has 29 heavy (non-hydrogen) atoms. The maximum absolute atomic E-state index is 13.1. The molecule has 1 aliphatic heterocycles. The second-order valence-corrected chi connectivity index (χ2v) is 6.74. The Morgan fingerprint density at radius 1 is 1.10 bits per heavy atom. The standard InChI is InChI=1S/C22H24N2O4.ClH/c1-15(14-27-2)19(24-13-18(23)21(24)25)22(26)28-20(16-9-5-3-6-10-16)17-11-7-4-8-12-17;/h3-12,14,18-20H,13,23H2,1-2H3;1H/b15-14+;. The molecule has 2 N–H and O–H groups in total. The topological polar surface area (TPSA) is 81.9 Å². The molecule has 6 nitrogen and oxygen atoms in total. The minimum absolute atomic E-state index is 0. The Balaban J connectivity index is 0.00000300. The first-order valence-electron chi connectivity index (χ1n) is 9.09. The van der Waals surface area contributed by atoms with Crippen molar-refractivity contribution in [2.45, 2.75) is 25.1 Å². The number of rotatable bonds is 7. The number of carbonyl (C=O) groups is 2. The van der Waals surface area contributed by atoms with Crippen molar-refractivity contribution in [2.75, 3.05) is 13.7 Å². The average molecular weight is 417 g/mol. The third-order valence-electron chi connectivity index (χ3n) is 4.70. The van der Waals surface area contributed by atoms with E-state index in [1.165, 1.54) is 18.3 Å². The monoisotopic (exact) mass is 416 g/mol. The summed E-state index contributed by atoms with van der Waals surface area (Å²) >= 11 is 0. The van der Waals surface area contributed by atoms with Crippen LogP contribution in [0.5, 0.6) is 0 Å². The summed E-state index contributed by atoms with van der Waals surface area (Å²) in [7, 11) is 1.49. The number of hydrogen-bond acceptors (Lipinski definition) is 5. The number of halogens is 1. The Bertz CT molecular complexity index is 818. The highest BCUT2D eigenvalue weighted by atomic mass is 35.5. The number of methoxy groups -OCH3 is 1. The molecule has 0 spiro atoms. The molecule has 0 aromatic heterocycles. The van der Waals surface area contributed by atoms with Gasteiger partial charge < -0.3 is 20.1 Å². The summed E-state index contributed by atoms with van der Waals surface area (Å²) < 4.78 is 11.0. The van der Waals surface area contributed by atoms with Gasteiger partial charge in [0.05, 0.1) is 13.4 Å². The lowest BCUT2D eigenvalue weighted by molar-refractivity contribution is -0.162. The highest BCUT2D eigenvalue weighted by molar-refractivity contribution is 5.93. The molecule has 1 heterocycles. The number of amides is 1. The zero-order chi connectivity index (χ0) is 20.1. The molecule has 0 radical (unpaired) electrons. The number of carbonyl (C=O) groups excluding carboxylic acids is 2. The molecule has 154 valence electrons. The van der Waals surface area contributed by atoms with Crippen molar-refractivity contribution in [3.63, 3.8) is 0 Å². The van der Waals surface area contributed by atoms with Gasteiger partial charge in [-0.2, -0.15) is 0 Å². The smallest absolute Gasteiger partial charge is 0.334 e. The minimum Gasteiger partial charge on any atom is -0.504 e. The highest BCUT2D eigenvalue weighted by Gasteiger charge is 2.43. The van der Waals surface area contributed by atoms with E-state index in [-0.39, 0.29) is 18.3 Å². The number of hydrogen-bond donors (Lipinski definition) is 1. The maximum atomic E-state index is 13.1. The molecule has 2 aromatic carbocycles. The molecule has 2 aromatic rings. The van der Waals surface area contributed by atoms with Gasteiger partial charge in [0, 0.05) is 6.54 Å². The van der Waals surface area contributed by atoms with Crippen molar-refractivity contribution in [1.82, 2.24) is 4.90 Å². The first-order valence-corrected chi connectivity index (χ1v) is 9.09. The van der Waals surface area contributed by atoms with Crippen LogP contribution in [-0.2, 0) is 19.1 Å². The van der Waals surface area contributed by atoms with Crippen molar-refractivity contribution >= 4 is 24.3 Å². The molecular formula is C22H25ClN2O4. The van der Waals surface area contributed by atoms with Crippen LogP contribution in [0.2, 0.25) is 0 Å². The van der Waals surface area contributed by atoms with Gasteiger partial charge >= 0.3 is 5.97 Å². The summed E-state index contributed by atoms with van der Waals surface area (Å²) in [5, 5.41) is 0. The van der Waals surface area contributed by atoms with Crippen molar-refractivity contribution < 1.29 is 19.1 Å². The molecule has 1 amide bonds. The van der Waals surface area contributed by atoms with E-state index in [1.54, 1.807) is 6.92 Å². The molecule has 7 heteroatoms. The van der Waals surface area contributed by atoms with E-state index in [9.17, 15) is 9.59 Å². The third-order valence-corrected chi connectivity index (χ3v) is 4.70. The van der Waals surface area contributed by atoms with Crippen LogP contribution in [0.15, 0.2) is 72.5 Å². The predicted molar refractivity (Wildman–Crippen MR) is 112 cm³/mol. The van der Waals surface area contributed by atoms with Gasteiger partial charge in [0.25, 0.3) is 0 Å². The van der Waals surface area contributed by atoms with E-state index in [2.05, 4.69) is 0 Å². The van der Waals surface area contributed by atoms with Gasteiger partial charge in [-0.05, 0) is 23.6 Å². The van der Waals surface area contributed by atoms with Crippen LogP contribution < -0.4 is 5.73 Å². The van der Waals surface area contributed by atoms with Crippen LogP contribution >= 0.6 is 12.4 Å². The van der Waals surface area contributed by atoms with Gasteiger partial charge in [0.2, 0.25) is 5.91 Å². The van der Waals surface area contributed by atoms with E-state index in [1.807, 2.05) is 60.7 Å². The van der Waals surface area contributed by atoms with Gasteiger partial charge in [0.1, 0.15) is 6.04 Å². The first-order chi connectivity index (χ1) is 13.5. The van der Waals surface area contributed by atoms with Gasteiger partial charge in [0.15, 0.2) is 12.1 Å². The molecule has 0 saturated carbocycles. The number of esters is 1. The van der Waals surface area contributed by atoms with E-state index in [0.717, 1.165) is 11.1 Å². The van der Waals surface area contributed by atoms with Crippen LogP contribution in [0.1, 0.15) is 24.2 Å². The SMILES string of the molecule is CO/C=C(\C)C(C(=O)OC(c1ccccc1)c1ccccc1)N1CC(N)C1=O.Cl. The number of nitrogens with two attached hydrogens (primary N) is 1. The predicted octanol–water partition coefficient (Wildman–Crippen LogP) is 2.83. The first kappa shape index (κ1) is 22.5. The zero-order valence-electron chi connectivity index (χ0n) is 16.4. The van der Waals surface area contributed by atoms with Crippen LogP contribution in [0.25, 0.3) is 0 Å². The Hall–Kier alpha value is -2.83. The lowest BCUT2D eigenvalue weighted by Gasteiger charge is -2.41. The number of ether oxygens (including phenoxy) is 2. The van der Waals surface area contributed by atoms with E-state index in [0.29, 0.717) is 12.1 Å². The molecule has 1 fully saturated rings. The van der Waals surface area contributed by atoms with Crippen LogP contribution in [0, 0.1) is 0 Å². The normalized spacial score (nSPS) is 17.2. The third kappa shape index (κ3) is 4.96. The van der Waals surface area contributed by atoms with E-state index < -0.39 is 24.2 Å². The van der Waals surface area contributed by atoms with Gasteiger partial charge in [-0.15, -0.1) is 12.4 Å². The lowest BCUT2D eigenvalue weighted by atomic mass is 9.99. The van der Waals surface area contributed by atoms with Crippen molar-refractivity contribution in [3.8, 4) is 0 Å². The summed E-state index contributed by atoms with van der Waals surface area (Å²) in [6, 6.07) is 17.6. The second-order valence-electron chi connectivity index (χ2n) is 6.74. The summed E-state index contributed by atoms with van der Waals surface area (Å²) in [6.45, 7) is 2.03. The molecular weight excluding hydrogens is 392 g/mol. The van der Waals surface area contributed by atoms with Gasteiger partial charge in [-0.1, -0.05) is 60.7 Å². The fourth-order valence-corrected chi connectivity index (χ4v) is 3.29. The molecule has 2 unspecified atom stereocenters. The Labute approximate surface area is 176 Å². The summed E-state index contributed by atoms with van der Waals surface area (Å²) in [5.74, 6) is -0.800. The number of benzene rings is 2. The van der Waals surface area contributed by atoms with E-state index >= 15 is 0 Å². The maximum Gasteiger partial charge on any atom is 0.334 e. The Kier molecular flexibility index (Phi) is 7.82. The van der Waals surface area contributed by atoms with E-state index in [4.69, 9.17) is 15.2 Å². The Morgan fingerprint density at radius 3 is 2.03 bits per heavy atom. The number of likely N-dealkylation sites (tertiary alicyclic amines) is 1. The number of nitrogens with zero attached hydrogens (tertiary/aromatic N) is 1. The number of β-lactam (4-membered cyclic amide) rings is 1. The summed E-state index contributed by atoms with van der Waals surface area (Å²) in [4.78, 5) is 26.7. The quantitative estimate of drug-likeness (QED) is 0.426. The summed E-state index contributed by atoms with van der Waals surface area (Å²) in [6.07, 6.45) is 0.862. The fraction of sp³-hybridized carbons (Fsp3) is 0.273. The average Bonchev–Trinajstić information content (AvgIpc) is 2.73. The van der Waals surface area contributed by atoms with Gasteiger partial charge in [-0.3, -0.25) is 4.79 Å². The molecule has 0 bridgehead atoms. The minimum atomic E-state index is -0.873. The summed E-state index contributed by atoms with van der Waals surface area (Å²) in [5.41, 5.74) is 7.99. The highest BCUT2D eigenvalue weighted by Crippen LogP contribution is 2.29. The van der Waals surface area contributed by atoms with Crippen LogP contribution in [0.4, 0.5) is 0 Å². The van der Waals surface area contributed by atoms with Crippen LogP contribution in [0.3, 0.4) is 0 Å². The Morgan fingerprint density at radius 2 is 1.62 bits per heavy atom.